The van der Waals surface area contributed by atoms with Crippen LogP contribution in [0.5, 0.6) is 0 Å². The van der Waals surface area contributed by atoms with E-state index in [9.17, 15) is 9.59 Å². The van der Waals surface area contributed by atoms with Gasteiger partial charge in [-0.1, -0.05) is 0 Å². The number of benzene rings is 3. The zero-order chi connectivity index (χ0) is 22.4. The Morgan fingerprint density at radius 2 is 1.03 bits per heavy atom. The van der Waals surface area contributed by atoms with Crippen LogP contribution in [0.4, 0.5) is 0 Å². The van der Waals surface area contributed by atoms with Crippen LogP contribution in [0, 0.1) is 0 Å². The first-order valence-corrected chi connectivity index (χ1v) is 14.9. The van der Waals surface area contributed by atoms with Gasteiger partial charge in [-0.2, -0.15) is 0 Å². The van der Waals surface area contributed by atoms with Crippen molar-refractivity contribution in [3.63, 3.8) is 0 Å². The van der Waals surface area contributed by atoms with Gasteiger partial charge in [0.25, 0.3) is 0 Å². The third-order valence-corrected chi connectivity index (χ3v) is 9.23. The molecule has 0 aliphatic rings. The monoisotopic (exact) mass is 560 g/mol. The van der Waals surface area contributed by atoms with E-state index in [4.69, 9.17) is 0 Å². The number of rotatable bonds is 12. The molecule has 2 N–H and O–H groups in total. The van der Waals surface area contributed by atoms with E-state index in [1.807, 2.05) is 12.1 Å². The van der Waals surface area contributed by atoms with Gasteiger partial charge in [-0.25, -0.2) is 0 Å². The van der Waals surface area contributed by atoms with Gasteiger partial charge >= 0.3 is 203 Å². The van der Waals surface area contributed by atoms with Gasteiger partial charge in [0.2, 0.25) is 0 Å². The molecule has 2 amide bonds. The van der Waals surface area contributed by atoms with Gasteiger partial charge in [-0.05, 0) is 0 Å². The Hall–Kier alpha value is -2.36. The summed E-state index contributed by atoms with van der Waals surface area (Å²) >= 11 is 0.873. The molecule has 0 saturated heterocycles. The summed E-state index contributed by atoms with van der Waals surface area (Å²) in [5.41, 5.74) is 1.05. The Labute approximate surface area is 202 Å². The molecule has 166 valence electrons. The quantitative estimate of drug-likeness (QED) is 0.266. The van der Waals surface area contributed by atoms with Crippen LogP contribution in [0.1, 0.15) is 33.6 Å². The summed E-state index contributed by atoms with van der Waals surface area (Å²) in [6.45, 7) is 1.29. The second-order valence-electron chi connectivity index (χ2n) is 7.12. The summed E-state index contributed by atoms with van der Waals surface area (Å²) < 4.78 is 2.76. The molecule has 0 saturated carbocycles. The maximum absolute atomic E-state index is 12.5. The molecule has 3 rings (SSSR count). The van der Waals surface area contributed by atoms with Crippen molar-refractivity contribution in [3.05, 3.63) is 96.1 Å². The number of amides is 2. The van der Waals surface area contributed by atoms with E-state index in [1.54, 1.807) is 24.3 Å². The number of carbonyl (C=O) groups is 2. The number of carbonyl (C=O) groups excluding carboxylic acids is 2. The Balaban J connectivity index is 1.34. The van der Waals surface area contributed by atoms with Crippen molar-refractivity contribution in [1.82, 2.24) is 10.6 Å². The molecule has 6 heteroatoms. The molecular formula is C26H28N2O2Se2. The van der Waals surface area contributed by atoms with E-state index in [0.29, 0.717) is 54.1 Å². The van der Waals surface area contributed by atoms with Crippen molar-refractivity contribution >= 4 is 50.7 Å². The summed E-state index contributed by atoms with van der Waals surface area (Å²) in [6.07, 6.45) is 1.90. The molecule has 0 radical (unpaired) electrons. The van der Waals surface area contributed by atoms with E-state index >= 15 is 0 Å². The standard InChI is InChI=1S/C26H28N2O2Se2/c29-25(27-16-8-18-31-23-12-3-1-4-13-23)21-10-7-11-22(20-21)26(30)28-17-9-19-32-24-14-5-2-6-15-24/h1-7,10-15,20H,8-9,16-19H2,(H,27,29)(H,28,30). The third-order valence-electron chi connectivity index (χ3n) is 4.62. The van der Waals surface area contributed by atoms with Gasteiger partial charge in [-0.3, -0.25) is 0 Å². The van der Waals surface area contributed by atoms with Crippen LogP contribution in [0.25, 0.3) is 0 Å². The van der Waals surface area contributed by atoms with E-state index in [-0.39, 0.29) is 11.8 Å². The first kappa shape index (κ1) is 24.3. The van der Waals surface area contributed by atoms with E-state index < -0.39 is 0 Å². The fourth-order valence-electron chi connectivity index (χ4n) is 2.97. The van der Waals surface area contributed by atoms with Crippen molar-refractivity contribution in [3.8, 4) is 0 Å². The van der Waals surface area contributed by atoms with E-state index in [2.05, 4.69) is 59.2 Å². The van der Waals surface area contributed by atoms with Crippen LogP contribution in [0.2, 0.25) is 10.6 Å². The molecule has 3 aromatic rings. The molecule has 0 bridgehead atoms. The fourth-order valence-corrected chi connectivity index (χ4v) is 6.63. The summed E-state index contributed by atoms with van der Waals surface area (Å²) in [7, 11) is 0. The summed E-state index contributed by atoms with van der Waals surface area (Å²) in [5.74, 6) is -0.255. The molecule has 32 heavy (non-hydrogen) atoms. The minimum absolute atomic E-state index is 0.127. The molecule has 3 aromatic carbocycles. The zero-order valence-electron chi connectivity index (χ0n) is 18.0. The van der Waals surface area contributed by atoms with Gasteiger partial charge in [0.05, 0.1) is 0 Å². The van der Waals surface area contributed by atoms with Crippen LogP contribution >= 0.6 is 0 Å². The van der Waals surface area contributed by atoms with Crippen LogP contribution < -0.4 is 19.6 Å². The number of hydrogen-bond acceptors (Lipinski definition) is 2. The molecule has 0 aliphatic carbocycles. The second-order valence-corrected chi connectivity index (χ2v) is 12.0. The predicted octanol–water partition coefficient (Wildman–Crippen LogP) is 2.82. The van der Waals surface area contributed by atoms with E-state index in [1.165, 1.54) is 8.92 Å². The summed E-state index contributed by atoms with van der Waals surface area (Å²) in [5, 5.41) is 8.11. The molecule has 0 heterocycles. The van der Waals surface area contributed by atoms with Gasteiger partial charge in [-0.15, -0.1) is 0 Å². The second kappa shape index (κ2) is 13.9. The SMILES string of the molecule is O=C(NCCC[Se]c1ccccc1)c1cccc(C(=O)NCCC[Se]c2ccccc2)c1. The van der Waals surface area contributed by atoms with Crippen LogP contribution in [-0.2, 0) is 0 Å². The molecule has 0 fully saturated rings. The zero-order valence-corrected chi connectivity index (χ0v) is 21.4. The Morgan fingerprint density at radius 3 is 1.47 bits per heavy atom. The van der Waals surface area contributed by atoms with Gasteiger partial charge in [0.1, 0.15) is 0 Å². The van der Waals surface area contributed by atoms with E-state index in [0.717, 1.165) is 23.5 Å². The topological polar surface area (TPSA) is 58.2 Å². The first-order chi connectivity index (χ1) is 15.7. The molecule has 0 spiro atoms. The molecule has 4 nitrogen and oxygen atoms in total. The van der Waals surface area contributed by atoms with Crippen LogP contribution in [0.3, 0.4) is 0 Å². The van der Waals surface area contributed by atoms with Gasteiger partial charge in [0, 0.05) is 0 Å². The van der Waals surface area contributed by atoms with Gasteiger partial charge < -0.3 is 0 Å². The van der Waals surface area contributed by atoms with Crippen molar-refractivity contribution in [2.75, 3.05) is 13.1 Å². The van der Waals surface area contributed by atoms with Crippen LogP contribution in [-0.4, -0.2) is 54.8 Å². The van der Waals surface area contributed by atoms with Gasteiger partial charge in [0.15, 0.2) is 0 Å². The Morgan fingerprint density at radius 1 is 0.594 bits per heavy atom. The Bertz CT molecular complexity index is 905. The van der Waals surface area contributed by atoms with Crippen molar-refractivity contribution in [1.29, 1.82) is 0 Å². The molecule has 0 atom stereocenters. The van der Waals surface area contributed by atoms with Crippen molar-refractivity contribution in [2.45, 2.75) is 23.5 Å². The molecular weight excluding hydrogens is 530 g/mol. The van der Waals surface area contributed by atoms with Crippen LogP contribution in [0.15, 0.2) is 84.9 Å². The minimum atomic E-state index is -0.127. The molecule has 0 aliphatic heterocycles. The fraction of sp³-hybridized carbons (Fsp3) is 0.231. The average Bonchev–Trinajstić information content (AvgIpc) is 2.84. The number of nitrogens with one attached hydrogen (secondary N) is 2. The predicted molar refractivity (Wildman–Crippen MR) is 134 cm³/mol. The number of hydrogen-bond donors (Lipinski definition) is 2. The first-order valence-electron chi connectivity index (χ1n) is 10.7. The normalized spacial score (nSPS) is 10.5. The van der Waals surface area contributed by atoms with Crippen molar-refractivity contribution < 1.29 is 9.59 Å². The Kier molecular flexibility index (Phi) is 10.6. The third kappa shape index (κ3) is 8.64. The maximum atomic E-state index is 12.5. The average molecular weight is 558 g/mol. The van der Waals surface area contributed by atoms with Crippen molar-refractivity contribution in [2.24, 2.45) is 0 Å². The molecule has 0 unspecified atom stereocenters. The summed E-state index contributed by atoms with van der Waals surface area (Å²) in [6, 6.07) is 27.9. The molecule has 0 aromatic heterocycles. The summed E-state index contributed by atoms with van der Waals surface area (Å²) in [4.78, 5) is 24.9.